The van der Waals surface area contributed by atoms with Gasteiger partial charge in [0.1, 0.15) is 23.5 Å². The van der Waals surface area contributed by atoms with Crippen LogP contribution in [0.4, 0.5) is 8.78 Å². The molecule has 0 spiro atoms. The van der Waals surface area contributed by atoms with E-state index in [0.29, 0.717) is 5.56 Å². The highest BCUT2D eigenvalue weighted by atomic mass is 19.1. The molecule has 0 N–H and O–H groups in total. The lowest BCUT2D eigenvalue weighted by atomic mass is 10.2. The number of hydrogen-bond acceptors (Lipinski definition) is 5. The van der Waals surface area contributed by atoms with Gasteiger partial charge in [-0.2, -0.15) is 5.10 Å². The normalized spacial score (nSPS) is 10.8. The van der Waals surface area contributed by atoms with Crippen molar-refractivity contribution in [3.05, 3.63) is 59.5 Å². The number of rotatable bonds is 5. The van der Waals surface area contributed by atoms with Crippen LogP contribution >= 0.6 is 0 Å². The van der Waals surface area contributed by atoms with Crippen LogP contribution in [0.2, 0.25) is 0 Å². The largest absolute Gasteiger partial charge is 0.461 e. The highest BCUT2D eigenvalue weighted by Crippen LogP contribution is 2.25. The number of nitrogens with zero attached hydrogens (tertiary/aromatic N) is 3. The average molecular weight is 333 g/mol. The highest BCUT2D eigenvalue weighted by molar-refractivity contribution is 5.89. The number of hydrogen-bond donors (Lipinski definition) is 0. The van der Waals surface area contributed by atoms with Crippen molar-refractivity contribution in [2.75, 3.05) is 6.61 Å². The maximum Gasteiger partial charge on any atom is 0.361 e. The van der Waals surface area contributed by atoms with Gasteiger partial charge in [0.25, 0.3) is 0 Å². The molecule has 3 rings (SSSR count). The topological polar surface area (TPSA) is 70.2 Å². The van der Waals surface area contributed by atoms with Gasteiger partial charge in [-0.3, -0.25) is 4.68 Å². The van der Waals surface area contributed by atoms with Crippen LogP contribution in [0.25, 0.3) is 11.4 Å². The molecule has 6 nitrogen and oxygen atoms in total. The second-order valence-electron chi connectivity index (χ2n) is 4.87. The Morgan fingerprint density at radius 3 is 2.75 bits per heavy atom. The van der Waals surface area contributed by atoms with Gasteiger partial charge in [-0.1, -0.05) is 23.4 Å². The fraction of sp³-hybridized carbons (Fsp3) is 0.188. The van der Waals surface area contributed by atoms with Gasteiger partial charge in [-0.25, -0.2) is 13.6 Å². The molecule has 0 radical (unpaired) electrons. The van der Waals surface area contributed by atoms with Gasteiger partial charge in [0.05, 0.1) is 13.2 Å². The van der Waals surface area contributed by atoms with Crippen molar-refractivity contribution in [1.29, 1.82) is 0 Å². The van der Waals surface area contributed by atoms with E-state index in [4.69, 9.17) is 9.26 Å². The molecule has 3 aromatic rings. The van der Waals surface area contributed by atoms with Gasteiger partial charge in [0, 0.05) is 11.6 Å². The minimum absolute atomic E-state index is 0.0740. The molecular formula is C16H13F2N3O3. The molecule has 0 aliphatic carbocycles. The number of carbonyl (C=O) groups excluding carboxylic acids is 1. The third-order valence-corrected chi connectivity index (χ3v) is 3.32. The fourth-order valence-corrected chi connectivity index (χ4v) is 2.25. The maximum atomic E-state index is 14.7. The second kappa shape index (κ2) is 6.61. The molecule has 0 unspecified atom stereocenters. The standard InChI is InChI=1S/C16H13F2N3O3/c1-2-23-16(22)14-13(18)15(12-7-8-24-20-12)21(19-14)9-10-5-3-4-6-11(10)17/h3-8H,2,9H2,1H3. The Labute approximate surface area is 135 Å². The zero-order valence-corrected chi connectivity index (χ0v) is 12.7. The molecular weight excluding hydrogens is 320 g/mol. The third kappa shape index (κ3) is 2.90. The number of esters is 1. The van der Waals surface area contributed by atoms with E-state index in [1.807, 2.05) is 0 Å². The van der Waals surface area contributed by atoms with E-state index in [2.05, 4.69) is 10.3 Å². The summed E-state index contributed by atoms with van der Waals surface area (Å²) in [6.07, 6.45) is 1.26. The summed E-state index contributed by atoms with van der Waals surface area (Å²) in [4.78, 5) is 11.9. The van der Waals surface area contributed by atoms with Crippen LogP contribution in [0.15, 0.2) is 41.1 Å². The number of halogens is 2. The molecule has 24 heavy (non-hydrogen) atoms. The first-order valence-electron chi connectivity index (χ1n) is 7.19. The molecule has 124 valence electrons. The zero-order chi connectivity index (χ0) is 17.1. The molecule has 0 fully saturated rings. The summed E-state index contributed by atoms with van der Waals surface area (Å²) in [5, 5.41) is 7.61. The Hall–Kier alpha value is -3.03. The molecule has 8 heteroatoms. The van der Waals surface area contributed by atoms with Crippen LogP contribution in [0.5, 0.6) is 0 Å². The van der Waals surface area contributed by atoms with E-state index in [9.17, 15) is 13.6 Å². The summed E-state index contributed by atoms with van der Waals surface area (Å²) in [6.45, 7) is 1.60. The van der Waals surface area contributed by atoms with Crippen LogP contribution in [-0.2, 0) is 11.3 Å². The van der Waals surface area contributed by atoms with Crippen LogP contribution in [-0.4, -0.2) is 27.5 Å². The molecule has 0 bridgehead atoms. The highest BCUT2D eigenvalue weighted by Gasteiger charge is 2.27. The maximum absolute atomic E-state index is 14.7. The molecule has 0 saturated carbocycles. The van der Waals surface area contributed by atoms with Gasteiger partial charge in [0.2, 0.25) is 5.69 Å². The molecule has 0 saturated heterocycles. The number of aromatic nitrogens is 3. The lowest BCUT2D eigenvalue weighted by molar-refractivity contribution is 0.0513. The first kappa shape index (κ1) is 15.9. The van der Waals surface area contributed by atoms with E-state index in [-0.39, 0.29) is 24.5 Å². The second-order valence-corrected chi connectivity index (χ2v) is 4.87. The van der Waals surface area contributed by atoms with Gasteiger partial charge in [-0.15, -0.1) is 0 Å². The van der Waals surface area contributed by atoms with Crippen molar-refractivity contribution in [1.82, 2.24) is 14.9 Å². The summed E-state index contributed by atoms with van der Waals surface area (Å²) in [6, 6.07) is 7.46. The van der Waals surface area contributed by atoms with Gasteiger partial charge >= 0.3 is 5.97 Å². The Kier molecular flexibility index (Phi) is 4.37. The zero-order valence-electron chi connectivity index (χ0n) is 12.7. The lowest BCUT2D eigenvalue weighted by Crippen LogP contribution is -2.09. The van der Waals surface area contributed by atoms with Crippen LogP contribution in [0.3, 0.4) is 0 Å². The summed E-state index contributed by atoms with van der Waals surface area (Å²) in [5.74, 6) is -2.25. The lowest BCUT2D eigenvalue weighted by Gasteiger charge is -2.06. The predicted octanol–water partition coefficient (Wildman–Crippen LogP) is 3.04. The Morgan fingerprint density at radius 1 is 1.29 bits per heavy atom. The third-order valence-electron chi connectivity index (χ3n) is 3.32. The van der Waals surface area contributed by atoms with Crippen LogP contribution < -0.4 is 0 Å². The molecule has 2 heterocycles. The van der Waals surface area contributed by atoms with Crippen molar-refractivity contribution < 1.29 is 22.8 Å². The quantitative estimate of drug-likeness (QED) is 0.671. The van der Waals surface area contributed by atoms with Crippen LogP contribution in [0.1, 0.15) is 23.0 Å². The SMILES string of the molecule is CCOC(=O)c1nn(Cc2ccccc2F)c(-c2ccon2)c1F. The Morgan fingerprint density at radius 2 is 2.08 bits per heavy atom. The van der Waals surface area contributed by atoms with Crippen molar-refractivity contribution in [3.63, 3.8) is 0 Å². The summed E-state index contributed by atoms with van der Waals surface area (Å²) in [7, 11) is 0. The monoisotopic (exact) mass is 333 g/mol. The number of benzene rings is 1. The summed E-state index contributed by atoms with van der Waals surface area (Å²) < 4.78 is 39.2. The van der Waals surface area contributed by atoms with E-state index < -0.39 is 23.3 Å². The number of ether oxygens (including phenoxy) is 1. The van der Waals surface area contributed by atoms with E-state index in [1.165, 1.54) is 18.4 Å². The molecule has 1 aromatic carbocycles. The number of carbonyl (C=O) groups is 1. The van der Waals surface area contributed by atoms with E-state index >= 15 is 0 Å². The van der Waals surface area contributed by atoms with E-state index in [0.717, 1.165) is 4.68 Å². The van der Waals surface area contributed by atoms with Crippen LogP contribution in [0, 0.1) is 11.6 Å². The Balaban J connectivity index is 2.08. The van der Waals surface area contributed by atoms with Crippen molar-refractivity contribution >= 4 is 5.97 Å². The molecule has 0 amide bonds. The smallest absolute Gasteiger partial charge is 0.361 e. The first-order valence-corrected chi connectivity index (χ1v) is 7.19. The van der Waals surface area contributed by atoms with E-state index in [1.54, 1.807) is 25.1 Å². The van der Waals surface area contributed by atoms with Gasteiger partial charge in [-0.05, 0) is 13.0 Å². The van der Waals surface area contributed by atoms with Crippen molar-refractivity contribution in [2.24, 2.45) is 0 Å². The van der Waals surface area contributed by atoms with Gasteiger partial charge < -0.3 is 9.26 Å². The Bertz CT molecular complexity index is 860. The molecule has 0 aliphatic rings. The fourth-order valence-electron chi connectivity index (χ4n) is 2.25. The average Bonchev–Trinajstić information content (AvgIpc) is 3.18. The minimum Gasteiger partial charge on any atom is -0.461 e. The summed E-state index contributed by atoms with van der Waals surface area (Å²) in [5.41, 5.74) is -0.117. The molecule has 0 atom stereocenters. The van der Waals surface area contributed by atoms with Crippen molar-refractivity contribution in [2.45, 2.75) is 13.5 Å². The van der Waals surface area contributed by atoms with Gasteiger partial charge in [0.15, 0.2) is 5.82 Å². The molecule has 2 aromatic heterocycles. The predicted molar refractivity (Wildman–Crippen MR) is 79.1 cm³/mol. The first-order chi connectivity index (χ1) is 11.6. The minimum atomic E-state index is -0.896. The molecule has 0 aliphatic heterocycles. The van der Waals surface area contributed by atoms with Crippen molar-refractivity contribution in [3.8, 4) is 11.4 Å². The summed E-state index contributed by atoms with van der Waals surface area (Å²) >= 11 is 0.